The molecule has 1 aromatic heterocycles. The Bertz CT molecular complexity index is 988. The molecule has 0 saturated carbocycles. The summed E-state index contributed by atoms with van der Waals surface area (Å²) in [4.78, 5) is 19.3. The highest BCUT2D eigenvalue weighted by atomic mass is 16.5. The molecule has 4 rings (SSSR count). The maximum atomic E-state index is 12.2. The number of carbonyl (C=O) groups is 1. The van der Waals surface area contributed by atoms with Crippen molar-refractivity contribution >= 4 is 17.2 Å². The van der Waals surface area contributed by atoms with Crippen molar-refractivity contribution in [3.05, 3.63) is 90.7 Å². The maximum Gasteiger partial charge on any atom is 0.262 e. The van der Waals surface area contributed by atoms with Gasteiger partial charge in [0.2, 0.25) is 0 Å². The van der Waals surface area contributed by atoms with Crippen molar-refractivity contribution < 1.29 is 9.53 Å². The highest BCUT2D eigenvalue weighted by Gasteiger charge is 2.12. The summed E-state index contributed by atoms with van der Waals surface area (Å²) < 4.78 is 5.65. The van der Waals surface area contributed by atoms with Crippen LogP contribution in [0.15, 0.2) is 85.0 Å². The van der Waals surface area contributed by atoms with E-state index < -0.39 is 0 Å². The third-order valence-corrected chi connectivity index (χ3v) is 4.62. The second-order valence-corrected chi connectivity index (χ2v) is 6.57. The van der Waals surface area contributed by atoms with Gasteiger partial charge in [0.05, 0.1) is 24.0 Å². The molecule has 1 aliphatic carbocycles. The Labute approximate surface area is 163 Å². The number of anilines is 1. The van der Waals surface area contributed by atoms with Crippen LogP contribution >= 0.6 is 0 Å². The zero-order valence-electron chi connectivity index (χ0n) is 15.4. The second-order valence-electron chi connectivity index (χ2n) is 6.57. The first-order chi connectivity index (χ1) is 13.8. The van der Waals surface area contributed by atoms with Gasteiger partial charge < -0.3 is 15.0 Å². The number of benzene rings is 2. The SMILES string of the molecule is O=C(COC1=CC=C(c2cnc[nH]2)CC1)Nc1ccc(-c2ccccc2)cc1. The zero-order valence-corrected chi connectivity index (χ0v) is 15.4. The standard InChI is InChI=1S/C23H21N3O2/c27-23(15-28-21-12-8-19(9-13-21)22-14-24-16-25-22)26-20-10-6-18(7-11-20)17-4-2-1-3-5-17/h1-8,10-12,14,16H,9,13,15H2,(H,24,25)(H,26,27). The monoisotopic (exact) mass is 371 g/mol. The van der Waals surface area contributed by atoms with Crippen LogP contribution in [-0.2, 0) is 9.53 Å². The predicted molar refractivity (Wildman–Crippen MR) is 110 cm³/mol. The highest BCUT2D eigenvalue weighted by molar-refractivity contribution is 5.92. The van der Waals surface area contributed by atoms with E-state index in [0.29, 0.717) is 0 Å². The fourth-order valence-corrected chi connectivity index (χ4v) is 3.13. The number of nitrogens with one attached hydrogen (secondary N) is 2. The van der Waals surface area contributed by atoms with Crippen molar-refractivity contribution in [3.63, 3.8) is 0 Å². The average molecular weight is 371 g/mol. The summed E-state index contributed by atoms with van der Waals surface area (Å²) in [5.41, 5.74) is 5.23. The van der Waals surface area contributed by atoms with Crippen LogP contribution in [0, 0.1) is 0 Å². The van der Waals surface area contributed by atoms with Gasteiger partial charge in [-0.05, 0) is 41.3 Å². The van der Waals surface area contributed by atoms with Crippen molar-refractivity contribution in [3.8, 4) is 11.1 Å². The summed E-state index contributed by atoms with van der Waals surface area (Å²) in [5.74, 6) is 0.648. The number of rotatable bonds is 6. The lowest BCUT2D eigenvalue weighted by Crippen LogP contribution is -2.18. The molecule has 140 valence electrons. The predicted octanol–water partition coefficient (Wildman–Crippen LogP) is 4.79. The van der Waals surface area contributed by atoms with Gasteiger partial charge in [-0.2, -0.15) is 0 Å². The maximum absolute atomic E-state index is 12.2. The summed E-state index contributed by atoms with van der Waals surface area (Å²) in [6.07, 6.45) is 9.03. The molecule has 0 bridgehead atoms. The minimum atomic E-state index is -0.170. The van der Waals surface area contributed by atoms with E-state index in [9.17, 15) is 4.79 Å². The van der Waals surface area contributed by atoms with Gasteiger partial charge in [-0.3, -0.25) is 4.79 Å². The van der Waals surface area contributed by atoms with Gasteiger partial charge in [0, 0.05) is 12.1 Å². The topological polar surface area (TPSA) is 67.0 Å². The van der Waals surface area contributed by atoms with Gasteiger partial charge >= 0.3 is 0 Å². The van der Waals surface area contributed by atoms with Gasteiger partial charge in [0.1, 0.15) is 0 Å². The molecule has 0 saturated heterocycles. The minimum absolute atomic E-state index is 0.000495. The number of imidazole rings is 1. The molecule has 0 radical (unpaired) electrons. The van der Waals surface area contributed by atoms with Gasteiger partial charge in [0.25, 0.3) is 5.91 Å². The third kappa shape index (κ3) is 4.38. The molecule has 1 aliphatic rings. The number of ether oxygens (including phenoxy) is 1. The Morgan fingerprint density at radius 3 is 2.46 bits per heavy atom. The number of hydrogen-bond acceptors (Lipinski definition) is 3. The van der Waals surface area contributed by atoms with Crippen LogP contribution in [0.5, 0.6) is 0 Å². The summed E-state index contributed by atoms with van der Waals surface area (Å²) >= 11 is 0. The first-order valence-corrected chi connectivity index (χ1v) is 9.24. The number of carbonyl (C=O) groups excluding carboxylic acids is 1. The minimum Gasteiger partial charge on any atom is -0.488 e. The van der Waals surface area contributed by atoms with Crippen molar-refractivity contribution in [2.24, 2.45) is 0 Å². The fourth-order valence-electron chi connectivity index (χ4n) is 3.13. The van der Waals surface area contributed by atoms with E-state index in [1.165, 1.54) is 5.57 Å². The van der Waals surface area contributed by atoms with Gasteiger partial charge in [-0.25, -0.2) is 4.98 Å². The number of aromatic amines is 1. The van der Waals surface area contributed by atoms with Crippen LogP contribution in [0.4, 0.5) is 5.69 Å². The Morgan fingerprint density at radius 2 is 1.79 bits per heavy atom. The van der Waals surface area contributed by atoms with Gasteiger partial charge in [0.15, 0.2) is 6.61 Å². The number of hydrogen-bond donors (Lipinski definition) is 2. The molecule has 1 heterocycles. The summed E-state index contributed by atoms with van der Waals surface area (Å²) in [7, 11) is 0. The average Bonchev–Trinajstić information content (AvgIpc) is 3.29. The van der Waals surface area contributed by atoms with Crippen LogP contribution in [0.1, 0.15) is 18.5 Å². The van der Waals surface area contributed by atoms with Crippen molar-refractivity contribution in [2.45, 2.75) is 12.8 Å². The molecule has 0 aliphatic heterocycles. The van der Waals surface area contributed by atoms with E-state index in [1.807, 2.05) is 60.8 Å². The summed E-state index contributed by atoms with van der Waals surface area (Å²) in [5, 5.41) is 2.87. The third-order valence-electron chi connectivity index (χ3n) is 4.62. The quantitative estimate of drug-likeness (QED) is 0.654. The number of aromatic nitrogens is 2. The molecule has 2 N–H and O–H groups in total. The molecule has 2 aromatic carbocycles. The van der Waals surface area contributed by atoms with E-state index in [1.54, 1.807) is 6.33 Å². The zero-order chi connectivity index (χ0) is 19.2. The molecule has 5 nitrogen and oxygen atoms in total. The molecule has 0 fully saturated rings. The normalized spacial score (nSPS) is 13.4. The molecule has 0 spiro atoms. The lowest BCUT2D eigenvalue weighted by molar-refractivity contribution is -0.119. The highest BCUT2D eigenvalue weighted by Crippen LogP contribution is 2.25. The first kappa shape index (κ1) is 17.8. The largest absolute Gasteiger partial charge is 0.488 e. The summed E-state index contributed by atoms with van der Waals surface area (Å²) in [6.45, 7) is -0.000495. The molecule has 0 unspecified atom stereocenters. The second kappa shape index (κ2) is 8.39. The van der Waals surface area contributed by atoms with Crippen molar-refractivity contribution in [2.75, 3.05) is 11.9 Å². The Hall–Kier alpha value is -3.60. The Balaban J connectivity index is 1.29. The van der Waals surface area contributed by atoms with Crippen LogP contribution in [0.3, 0.4) is 0 Å². The van der Waals surface area contributed by atoms with Crippen LogP contribution in [0.2, 0.25) is 0 Å². The lowest BCUT2D eigenvalue weighted by Gasteiger charge is -2.15. The van der Waals surface area contributed by atoms with E-state index in [-0.39, 0.29) is 12.5 Å². The molecule has 0 atom stereocenters. The van der Waals surface area contributed by atoms with Crippen molar-refractivity contribution in [1.29, 1.82) is 0 Å². The van der Waals surface area contributed by atoms with E-state index in [0.717, 1.165) is 41.1 Å². The van der Waals surface area contributed by atoms with Crippen molar-refractivity contribution in [1.82, 2.24) is 9.97 Å². The number of allylic oxidation sites excluding steroid dienone is 4. The lowest BCUT2D eigenvalue weighted by atomic mass is 10.0. The first-order valence-electron chi connectivity index (χ1n) is 9.24. The van der Waals surface area contributed by atoms with E-state index in [2.05, 4.69) is 27.4 Å². The van der Waals surface area contributed by atoms with E-state index >= 15 is 0 Å². The smallest absolute Gasteiger partial charge is 0.262 e. The van der Waals surface area contributed by atoms with Crippen LogP contribution in [0.25, 0.3) is 16.7 Å². The number of nitrogens with zero attached hydrogens (tertiary/aromatic N) is 1. The van der Waals surface area contributed by atoms with Gasteiger partial charge in [-0.15, -0.1) is 0 Å². The molecule has 1 amide bonds. The molecular formula is C23H21N3O2. The number of H-pyrrole nitrogens is 1. The van der Waals surface area contributed by atoms with Gasteiger partial charge in [-0.1, -0.05) is 48.5 Å². The van der Waals surface area contributed by atoms with E-state index in [4.69, 9.17) is 4.74 Å². The molecule has 3 aromatic rings. The number of amides is 1. The Kier molecular flexibility index (Phi) is 5.33. The van der Waals surface area contributed by atoms with Crippen LogP contribution < -0.4 is 5.32 Å². The molecule has 28 heavy (non-hydrogen) atoms. The summed E-state index contributed by atoms with van der Waals surface area (Å²) in [6, 6.07) is 17.9. The fraction of sp³-hybridized carbons (Fsp3) is 0.130. The molecule has 5 heteroatoms. The van der Waals surface area contributed by atoms with Crippen LogP contribution in [-0.4, -0.2) is 22.5 Å². The Morgan fingerprint density at radius 1 is 1.00 bits per heavy atom. The molecular weight excluding hydrogens is 350 g/mol.